The number of likely N-dealkylation sites (tertiary alicyclic amines) is 2. The first-order chi connectivity index (χ1) is 15.8. The van der Waals surface area contributed by atoms with Crippen molar-refractivity contribution in [1.29, 1.82) is 0 Å². The van der Waals surface area contributed by atoms with Crippen molar-refractivity contribution in [2.75, 3.05) is 32.7 Å². The third-order valence-electron chi connectivity index (χ3n) is 7.42. The predicted octanol–water partition coefficient (Wildman–Crippen LogP) is 6.44. The van der Waals surface area contributed by atoms with Crippen LogP contribution in [0, 0.1) is 5.92 Å². The second-order valence-corrected chi connectivity index (χ2v) is 9.96. The largest absolute Gasteiger partial charge is 0.303 e. The molecule has 2 heterocycles. The summed E-state index contributed by atoms with van der Waals surface area (Å²) >= 11 is 6.68. The highest BCUT2D eigenvalue weighted by molar-refractivity contribution is 6.31. The van der Waals surface area contributed by atoms with E-state index in [-0.39, 0.29) is 0 Å². The fraction of sp³-hybridized carbons (Fsp3) is 0.379. The van der Waals surface area contributed by atoms with Crippen LogP contribution in [0.1, 0.15) is 41.4 Å². The molecule has 3 aromatic rings. The minimum atomic E-state index is 0.499. The van der Waals surface area contributed by atoms with Crippen LogP contribution in [-0.4, -0.2) is 42.5 Å². The minimum Gasteiger partial charge on any atom is -0.303 e. The average molecular weight is 445 g/mol. The molecule has 0 bridgehead atoms. The van der Waals surface area contributed by atoms with Gasteiger partial charge in [-0.1, -0.05) is 90.5 Å². The molecule has 166 valence electrons. The molecule has 5 rings (SSSR count). The number of benzene rings is 3. The van der Waals surface area contributed by atoms with Crippen LogP contribution in [0.4, 0.5) is 0 Å². The highest BCUT2D eigenvalue weighted by Gasteiger charge is 2.36. The van der Waals surface area contributed by atoms with Crippen molar-refractivity contribution >= 4 is 11.6 Å². The Balaban J connectivity index is 1.26. The van der Waals surface area contributed by atoms with Crippen molar-refractivity contribution in [1.82, 2.24) is 9.80 Å². The lowest BCUT2D eigenvalue weighted by Gasteiger charge is -2.35. The zero-order valence-corrected chi connectivity index (χ0v) is 19.5. The maximum Gasteiger partial charge on any atom is 0.0441 e. The number of rotatable bonds is 6. The molecular weight excluding hydrogens is 412 g/mol. The number of hydrogen-bond acceptors (Lipinski definition) is 2. The third-order valence-corrected chi connectivity index (χ3v) is 7.77. The molecule has 32 heavy (non-hydrogen) atoms. The van der Waals surface area contributed by atoms with Crippen LogP contribution in [0.2, 0.25) is 5.02 Å². The fourth-order valence-electron chi connectivity index (χ4n) is 5.75. The molecule has 2 nitrogen and oxygen atoms in total. The molecule has 2 aliphatic rings. The van der Waals surface area contributed by atoms with Gasteiger partial charge in [-0.25, -0.2) is 0 Å². The highest BCUT2D eigenvalue weighted by Crippen LogP contribution is 2.38. The standard InChI is InChI=1S/C29H33ClN2/c30-29-14-8-7-13-27(29)28-22-32(19-23-9-3-1-4-10-23)21-26(28)20-31-17-15-25(16-18-31)24-11-5-2-6-12-24/h1-14,25-26,28H,15-22H2/t26-,28-/m0/s1. The second-order valence-electron chi connectivity index (χ2n) is 9.55. The predicted molar refractivity (Wildman–Crippen MR) is 134 cm³/mol. The lowest BCUT2D eigenvalue weighted by atomic mass is 9.86. The number of piperidine rings is 1. The smallest absolute Gasteiger partial charge is 0.0441 e. The molecule has 0 spiro atoms. The SMILES string of the molecule is Clc1ccccc1[C@H]1CN(Cc2ccccc2)C[C@@H]1CN1CCC(c2ccccc2)CC1. The van der Waals surface area contributed by atoms with Crippen LogP contribution in [0.3, 0.4) is 0 Å². The van der Waals surface area contributed by atoms with Gasteiger partial charge in [0.1, 0.15) is 0 Å². The topological polar surface area (TPSA) is 6.48 Å². The summed E-state index contributed by atoms with van der Waals surface area (Å²) in [4.78, 5) is 5.34. The van der Waals surface area contributed by atoms with Gasteiger partial charge in [0.2, 0.25) is 0 Å². The van der Waals surface area contributed by atoms with Gasteiger partial charge in [0.05, 0.1) is 0 Å². The Kier molecular flexibility index (Phi) is 6.92. The van der Waals surface area contributed by atoms with Gasteiger partial charge in [0.25, 0.3) is 0 Å². The summed E-state index contributed by atoms with van der Waals surface area (Å²) in [5.74, 6) is 1.83. The lowest BCUT2D eigenvalue weighted by molar-refractivity contribution is 0.177. The van der Waals surface area contributed by atoms with Crippen LogP contribution < -0.4 is 0 Å². The molecule has 0 N–H and O–H groups in total. The van der Waals surface area contributed by atoms with Gasteiger partial charge in [0, 0.05) is 37.1 Å². The molecule has 0 aromatic heterocycles. The van der Waals surface area contributed by atoms with E-state index >= 15 is 0 Å². The van der Waals surface area contributed by atoms with E-state index in [4.69, 9.17) is 11.6 Å². The maximum absolute atomic E-state index is 6.68. The van der Waals surface area contributed by atoms with Crippen molar-refractivity contribution in [2.24, 2.45) is 5.92 Å². The first kappa shape index (κ1) is 21.7. The Labute approximate surface area is 197 Å². The van der Waals surface area contributed by atoms with E-state index in [0.29, 0.717) is 17.8 Å². The van der Waals surface area contributed by atoms with E-state index in [1.807, 2.05) is 6.07 Å². The summed E-state index contributed by atoms with van der Waals surface area (Å²) in [7, 11) is 0. The first-order valence-electron chi connectivity index (χ1n) is 12.0. The monoisotopic (exact) mass is 444 g/mol. The Bertz CT molecular complexity index is 982. The normalized spacial score (nSPS) is 22.9. The van der Waals surface area contributed by atoms with Crippen molar-refractivity contribution in [2.45, 2.75) is 31.2 Å². The molecule has 0 saturated carbocycles. The molecule has 3 heteroatoms. The summed E-state index contributed by atoms with van der Waals surface area (Å²) in [6.45, 7) is 6.82. The van der Waals surface area contributed by atoms with Crippen LogP contribution >= 0.6 is 11.6 Å². The molecule has 2 atom stereocenters. The molecule has 0 aliphatic carbocycles. The first-order valence-corrected chi connectivity index (χ1v) is 12.4. The van der Waals surface area contributed by atoms with E-state index < -0.39 is 0 Å². The van der Waals surface area contributed by atoms with Gasteiger partial charge in [-0.2, -0.15) is 0 Å². The van der Waals surface area contributed by atoms with Gasteiger partial charge in [-0.15, -0.1) is 0 Å². The Morgan fingerprint density at radius 1 is 0.719 bits per heavy atom. The van der Waals surface area contributed by atoms with E-state index in [0.717, 1.165) is 24.7 Å². The Morgan fingerprint density at radius 3 is 2.09 bits per heavy atom. The Hall–Kier alpha value is -2.13. The molecule has 2 fully saturated rings. The summed E-state index contributed by atoms with van der Waals surface area (Å²) in [6.07, 6.45) is 2.53. The summed E-state index contributed by atoms with van der Waals surface area (Å²) in [6, 6.07) is 30.4. The molecule has 0 unspecified atom stereocenters. The van der Waals surface area contributed by atoms with E-state index in [1.165, 1.54) is 49.2 Å². The Morgan fingerprint density at radius 2 is 1.38 bits per heavy atom. The molecule has 0 amide bonds. The molecule has 2 saturated heterocycles. The van der Waals surface area contributed by atoms with Crippen LogP contribution in [0.15, 0.2) is 84.9 Å². The number of nitrogens with zero attached hydrogens (tertiary/aromatic N) is 2. The summed E-state index contributed by atoms with van der Waals surface area (Å²) < 4.78 is 0. The van der Waals surface area contributed by atoms with E-state index in [2.05, 4.69) is 88.7 Å². The second kappa shape index (κ2) is 10.2. The van der Waals surface area contributed by atoms with Gasteiger partial charge in [-0.05, 0) is 60.5 Å². The molecule has 3 aromatic carbocycles. The molecule has 0 radical (unpaired) electrons. The number of halogens is 1. The van der Waals surface area contributed by atoms with Crippen molar-refractivity contribution in [3.05, 3.63) is 107 Å². The molecular formula is C29H33ClN2. The number of hydrogen-bond donors (Lipinski definition) is 0. The van der Waals surface area contributed by atoms with Crippen molar-refractivity contribution < 1.29 is 0 Å². The van der Waals surface area contributed by atoms with Gasteiger partial charge in [0.15, 0.2) is 0 Å². The van der Waals surface area contributed by atoms with Gasteiger partial charge in [-0.3, -0.25) is 4.90 Å². The zero-order chi connectivity index (χ0) is 21.8. The van der Waals surface area contributed by atoms with Crippen molar-refractivity contribution in [3.8, 4) is 0 Å². The fourth-order valence-corrected chi connectivity index (χ4v) is 6.03. The van der Waals surface area contributed by atoms with Gasteiger partial charge >= 0.3 is 0 Å². The lowest BCUT2D eigenvalue weighted by Crippen LogP contribution is -2.38. The van der Waals surface area contributed by atoms with Crippen LogP contribution in [0.5, 0.6) is 0 Å². The average Bonchev–Trinajstić information content (AvgIpc) is 3.22. The minimum absolute atomic E-state index is 0.499. The van der Waals surface area contributed by atoms with Crippen molar-refractivity contribution in [3.63, 3.8) is 0 Å². The van der Waals surface area contributed by atoms with Crippen LogP contribution in [-0.2, 0) is 6.54 Å². The van der Waals surface area contributed by atoms with Crippen LogP contribution in [0.25, 0.3) is 0 Å². The zero-order valence-electron chi connectivity index (χ0n) is 18.7. The molecule has 2 aliphatic heterocycles. The third kappa shape index (κ3) is 5.09. The van der Waals surface area contributed by atoms with E-state index in [9.17, 15) is 0 Å². The summed E-state index contributed by atoms with van der Waals surface area (Å²) in [5.41, 5.74) is 4.24. The van der Waals surface area contributed by atoms with Gasteiger partial charge < -0.3 is 4.90 Å². The summed E-state index contributed by atoms with van der Waals surface area (Å²) in [5, 5.41) is 0.923. The highest BCUT2D eigenvalue weighted by atomic mass is 35.5. The quantitative estimate of drug-likeness (QED) is 0.432. The maximum atomic E-state index is 6.68. The van der Waals surface area contributed by atoms with E-state index in [1.54, 1.807) is 0 Å².